The number of rotatable bonds is 7. The molecule has 9 heteroatoms. The SMILES string of the molecule is CO[C@@]12CCC(N[C@@H](CCC(N)=O)C(=O)OC(C)(C)C)[C@@H]3Oc4c(O)ccc5c4[C@@]31CCN(C)C2C5. The highest BCUT2D eigenvalue weighted by molar-refractivity contribution is 5.79. The fourth-order valence-electron chi connectivity index (χ4n) is 7.50. The van der Waals surface area contributed by atoms with Gasteiger partial charge in [-0.15, -0.1) is 0 Å². The molecule has 2 bridgehead atoms. The predicted molar refractivity (Wildman–Crippen MR) is 133 cm³/mol. The highest BCUT2D eigenvalue weighted by atomic mass is 16.6. The van der Waals surface area contributed by atoms with Crippen LogP contribution in [0.5, 0.6) is 11.5 Å². The molecule has 2 aliphatic heterocycles. The number of hydrogen-bond donors (Lipinski definition) is 3. The molecular formula is C27H39N3O6. The molecule has 1 saturated heterocycles. The van der Waals surface area contributed by atoms with Crippen LogP contribution in [0.1, 0.15) is 64.0 Å². The summed E-state index contributed by atoms with van der Waals surface area (Å²) >= 11 is 0. The number of carbonyl (C=O) groups excluding carboxylic acids is 2. The minimum atomic E-state index is -0.709. The number of likely N-dealkylation sites (N-methyl/N-ethyl adjacent to an activating group) is 1. The summed E-state index contributed by atoms with van der Waals surface area (Å²) in [5, 5.41) is 14.3. The van der Waals surface area contributed by atoms with Crippen LogP contribution in [0.3, 0.4) is 0 Å². The number of piperidine rings is 1. The van der Waals surface area contributed by atoms with Gasteiger partial charge in [-0.1, -0.05) is 6.07 Å². The van der Waals surface area contributed by atoms with Crippen molar-refractivity contribution < 1.29 is 28.9 Å². The average Bonchev–Trinajstić information content (AvgIpc) is 3.16. The van der Waals surface area contributed by atoms with E-state index in [1.54, 1.807) is 13.2 Å². The molecule has 1 aromatic carbocycles. The van der Waals surface area contributed by atoms with Gasteiger partial charge in [0, 0.05) is 31.2 Å². The fraction of sp³-hybridized carbons (Fsp3) is 0.704. The Kier molecular flexibility index (Phi) is 6.04. The van der Waals surface area contributed by atoms with E-state index in [0.717, 1.165) is 31.4 Å². The van der Waals surface area contributed by atoms with Gasteiger partial charge in [-0.25, -0.2) is 0 Å². The lowest BCUT2D eigenvalue weighted by Crippen LogP contribution is -2.78. The standard InChI is InChI=1S/C27H39N3O6/c1-25(2,3)36-24(33)17(7-9-20(28)32)29-16-10-11-27(34-5)19-14-15-6-8-18(31)22-21(15)26(27,23(16)35-22)12-13-30(19)4/h6,8,16-17,19,23,29,31H,7,9-14H2,1-5H3,(H2,28,32)/t16?,17-,19?,23-,26-,27+/m0/s1. The number of aromatic hydroxyl groups is 1. The van der Waals surface area contributed by atoms with Crippen molar-refractivity contribution in [3.8, 4) is 11.5 Å². The number of nitrogens with zero attached hydrogens (tertiary/aromatic N) is 1. The Bertz CT molecular complexity index is 1070. The summed E-state index contributed by atoms with van der Waals surface area (Å²) in [6.45, 7) is 6.35. The zero-order chi connectivity index (χ0) is 26.0. The molecule has 0 radical (unpaired) electrons. The Morgan fingerprint density at radius 3 is 2.75 bits per heavy atom. The predicted octanol–water partition coefficient (Wildman–Crippen LogP) is 1.76. The van der Waals surface area contributed by atoms with Crippen molar-refractivity contribution in [3.05, 3.63) is 23.3 Å². The zero-order valence-corrected chi connectivity index (χ0v) is 21.9. The summed E-state index contributed by atoms with van der Waals surface area (Å²) in [5.41, 5.74) is 6.09. The topological polar surface area (TPSA) is 123 Å². The molecule has 198 valence electrons. The number of ether oxygens (including phenoxy) is 3. The van der Waals surface area contributed by atoms with Crippen LogP contribution in [-0.4, -0.2) is 78.0 Å². The minimum Gasteiger partial charge on any atom is -0.504 e. The number of phenolic OH excluding ortho intramolecular Hbond substituents is 1. The smallest absolute Gasteiger partial charge is 0.323 e. The molecule has 4 aliphatic rings. The van der Waals surface area contributed by atoms with E-state index in [0.29, 0.717) is 12.2 Å². The van der Waals surface area contributed by atoms with E-state index in [9.17, 15) is 14.7 Å². The van der Waals surface area contributed by atoms with Gasteiger partial charge >= 0.3 is 5.97 Å². The quantitative estimate of drug-likeness (QED) is 0.483. The van der Waals surface area contributed by atoms with Crippen LogP contribution in [0.2, 0.25) is 0 Å². The highest BCUT2D eigenvalue weighted by Gasteiger charge is 2.73. The molecular weight excluding hydrogens is 462 g/mol. The molecule has 1 saturated carbocycles. The third-order valence-corrected chi connectivity index (χ3v) is 8.84. The molecule has 6 atom stereocenters. The third kappa shape index (κ3) is 3.62. The van der Waals surface area contributed by atoms with Gasteiger partial charge in [-0.3, -0.25) is 14.9 Å². The summed E-state index contributed by atoms with van der Waals surface area (Å²) in [7, 11) is 3.95. The fourth-order valence-corrected chi connectivity index (χ4v) is 7.50. The van der Waals surface area contributed by atoms with Crippen LogP contribution in [0.15, 0.2) is 12.1 Å². The number of likely N-dealkylation sites (tertiary alicyclic amines) is 1. The first-order valence-corrected chi connectivity index (χ1v) is 13.0. The maximum Gasteiger partial charge on any atom is 0.323 e. The van der Waals surface area contributed by atoms with Crippen LogP contribution in [0, 0.1) is 0 Å². The Morgan fingerprint density at radius 2 is 2.08 bits per heavy atom. The Morgan fingerprint density at radius 1 is 1.33 bits per heavy atom. The number of phenols is 1. The molecule has 2 heterocycles. The second-order valence-electron chi connectivity index (χ2n) is 11.9. The third-order valence-electron chi connectivity index (χ3n) is 8.84. The molecule has 2 fully saturated rings. The molecule has 4 N–H and O–H groups in total. The number of hydrogen-bond acceptors (Lipinski definition) is 8. The van der Waals surface area contributed by atoms with Crippen molar-refractivity contribution in [1.29, 1.82) is 0 Å². The van der Waals surface area contributed by atoms with Crippen molar-refractivity contribution in [2.75, 3.05) is 20.7 Å². The van der Waals surface area contributed by atoms with Crippen LogP contribution in [0.4, 0.5) is 0 Å². The van der Waals surface area contributed by atoms with Crippen LogP contribution in [0.25, 0.3) is 0 Å². The van der Waals surface area contributed by atoms with Crippen molar-refractivity contribution in [1.82, 2.24) is 10.2 Å². The van der Waals surface area contributed by atoms with E-state index in [2.05, 4.69) is 17.3 Å². The van der Waals surface area contributed by atoms with Gasteiger partial charge in [0.2, 0.25) is 5.91 Å². The normalized spacial score (nSPS) is 33.4. The minimum absolute atomic E-state index is 0.0698. The molecule has 2 unspecified atom stereocenters. The lowest BCUT2D eigenvalue weighted by molar-refractivity contribution is -0.204. The summed E-state index contributed by atoms with van der Waals surface area (Å²) in [4.78, 5) is 27.1. The second-order valence-corrected chi connectivity index (χ2v) is 11.9. The van der Waals surface area contributed by atoms with E-state index in [1.807, 2.05) is 26.8 Å². The van der Waals surface area contributed by atoms with Gasteiger partial charge in [-0.2, -0.15) is 0 Å². The summed E-state index contributed by atoms with van der Waals surface area (Å²) in [5.74, 6) is -0.193. The molecule has 1 aromatic rings. The van der Waals surface area contributed by atoms with Crippen molar-refractivity contribution in [2.45, 2.75) is 100 Å². The molecule has 5 rings (SSSR count). The first kappa shape index (κ1) is 25.3. The lowest BCUT2D eigenvalue weighted by atomic mass is 9.48. The molecule has 1 spiro atoms. The van der Waals surface area contributed by atoms with E-state index >= 15 is 0 Å². The summed E-state index contributed by atoms with van der Waals surface area (Å²) in [6.07, 6.45) is 3.11. The molecule has 1 amide bonds. The van der Waals surface area contributed by atoms with E-state index in [1.165, 1.54) is 5.56 Å². The van der Waals surface area contributed by atoms with Crippen molar-refractivity contribution in [2.24, 2.45) is 5.73 Å². The molecule has 0 aromatic heterocycles. The zero-order valence-electron chi connectivity index (χ0n) is 21.9. The number of esters is 1. The van der Waals surface area contributed by atoms with E-state index < -0.39 is 34.5 Å². The number of nitrogens with one attached hydrogen (secondary N) is 1. The van der Waals surface area contributed by atoms with Gasteiger partial charge in [0.15, 0.2) is 11.5 Å². The largest absolute Gasteiger partial charge is 0.504 e. The van der Waals surface area contributed by atoms with Gasteiger partial charge in [0.05, 0.1) is 11.0 Å². The molecule has 9 nitrogen and oxygen atoms in total. The first-order valence-electron chi connectivity index (χ1n) is 13.0. The maximum atomic E-state index is 13.2. The first-order chi connectivity index (χ1) is 16.9. The van der Waals surface area contributed by atoms with Crippen LogP contribution >= 0.6 is 0 Å². The second kappa shape index (κ2) is 8.60. The molecule has 36 heavy (non-hydrogen) atoms. The Hall–Kier alpha value is -2.36. The van der Waals surface area contributed by atoms with Gasteiger partial charge in [0.25, 0.3) is 0 Å². The Labute approximate surface area is 212 Å². The van der Waals surface area contributed by atoms with Gasteiger partial charge < -0.3 is 30.0 Å². The number of benzene rings is 1. The Balaban J connectivity index is 1.54. The summed E-state index contributed by atoms with van der Waals surface area (Å²) < 4.78 is 18.8. The van der Waals surface area contributed by atoms with Gasteiger partial charge in [-0.05, 0) is 78.1 Å². The van der Waals surface area contributed by atoms with Crippen LogP contribution in [-0.2, 0) is 30.9 Å². The van der Waals surface area contributed by atoms with E-state index in [-0.39, 0.29) is 36.8 Å². The average molecular weight is 502 g/mol. The molecule has 2 aliphatic carbocycles. The maximum absolute atomic E-state index is 13.2. The number of amides is 1. The monoisotopic (exact) mass is 501 g/mol. The number of primary amides is 1. The van der Waals surface area contributed by atoms with E-state index in [4.69, 9.17) is 19.9 Å². The lowest BCUT2D eigenvalue weighted by Gasteiger charge is -2.65. The van der Waals surface area contributed by atoms with Crippen molar-refractivity contribution in [3.63, 3.8) is 0 Å². The summed E-state index contributed by atoms with van der Waals surface area (Å²) in [6, 6.07) is 3.00. The number of methoxy groups -OCH3 is 1. The van der Waals surface area contributed by atoms with Gasteiger partial charge in [0.1, 0.15) is 17.7 Å². The van der Waals surface area contributed by atoms with Crippen LogP contribution < -0.4 is 15.8 Å². The highest BCUT2D eigenvalue weighted by Crippen LogP contribution is 2.66. The van der Waals surface area contributed by atoms with Crippen molar-refractivity contribution >= 4 is 11.9 Å². The number of nitrogens with two attached hydrogens (primary N) is 1. The number of carbonyl (C=O) groups is 2.